The first-order valence-corrected chi connectivity index (χ1v) is 2.21. The van der Waals surface area contributed by atoms with Crippen molar-refractivity contribution in [3.63, 3.8) is 0 Å². The Morgan fingerprint density at radius 1 is 1.86 bits per heavy atom. The Hall–Kier alpha value is -0.420. The van der Waals surface area contributed by atoms with Gasteiger partial charge in [-0.3, -0.25) is 5.01 Å². The van der Waals surface area contributed by atoms with E-state index in [2.05, 4.69) is 23.5 Å². The maximum absolute atomic E-state index is 3.83. The normalized spacial score (nSPS) is 19.1. The molecule has 0 spiro atoms. The first-order chi connectivity index (χ1) is 3.29. The molecule has 0 saturated carbocycles. The van der Waals surface area contributed by atoms with E-state index in [1.54, 1.807) is 11.3 Å². The Bertz CT molecular complexity index is 81.7. The highest BCUT2D eigenvalue weighted by Gasteiger charge is 2.01. The lowest BCUT2D eigenvalue weighted by Crippen LogP contribution is -2.32. The summed E-state index contributed by atoms with van der Waals surface area (Å²) in [6.07, 6.45) is 1.62. The van der Waals surface area contributed by atoms with Crippen LogP contribution in [0, 0.1) is 0 Å². The van der Waals surface area contributed by atoms with Crippen LogP contribution in [0.3, 0.4) is 0 Å². The molecule has 0 aromatic rings. The number of thiol groups is 1. The maximum Gasteiger partial charge on any atom is 0.129 e. The van der Waals surface area contributed by atoms with Crippen LogP contribution in [-0.2, 0) is 0 Å². The zero-order valence-corrected chi connectivity index (χ0v) is 4.76. The fraction of sp³-hybridized carbons (Fsp3) is 0.500. The molecule has 0 aliphatic carbocycles. The maximum atomic E-state index is 3.83. The highest BCUT2D eigenvalue weighted by molar-refractivity contribution is 7.77. The predicted octanol–water partition coefficient (Wildman–Crippen LogP) is -0.558. The molecule has 0 amide bonds. The lowest BCUT2D eigenvalue weighted by molar-refractivity contribution is 0.251. The smallest absolute Gasteiger partial charge is 0.129 e. The highest BCUT2D eigenvalue weighted by Crippen LogP contribution is 1.92. The minimum absolute atomic E-state index is 1.32. The third-order valence-corrected chi connectivity index (χ3v) is 0.774. The molecule has 4 nitrogen and oxygen atoms in total. The third kappa shape index (κ3) is 0.971. The predicted molar refractivity (Wildman–Crippen MR) is 30.2 cm³/mol. The number of hydrogen-bond acceptors (Lipinski definition) is 5. The minimum atomic E-state index is 1.32. The van der Waals surface area contributed by atoms with Gasteiger partial charge in [0.2, 0.25) is 0 Å². The molecule has 0 aromatic heterocycles. The Morgan fingerprint density at radius 2 is 2.57 bits per heavy atom. The molecule has 5 heteroatoms. The van der Waals surface area contributed by atoms with E-state index in [-0.39, 0.29) is 0 Å². The van der Waals surface area contributed by atoms with Gasteiger partial charge in [-0.05, 0) is 12.8 Å². The molecular formula is C2H6N4S. The van der Waals surface area contributed by atoms with Gasteiger partial charge in [0.15, 0.2) is 0 Å². The molecule has 1 N–H and O–H groups in total. The van der Waals surface area contributed by atoms with Crippen LogP contribution < -0.4 is 5.53 Å². The van der Waals surface area contributed by atoms with E-state index in [4.69, 9.17) is 0 Å². The fourth-order valence-electron chi connectivity index (χ4n) is 0.319. The van der Waals surface area contributed by atoms with Gasteiger partial charge in [-0.2, -0.15) is 4.52 Å². The quantitative estimate of drug-likeness (QED) is 0.418. The van der Waals surface area contributed by atoms with Crippen LogP contribution in [0.25, 0.3) is 0 Å². The van der Waals surface area contributed by atoms with Gasteiger partial charge in [-0.1, -0.05) is 0 Å². The van der Waals surface area contributed by atoms with Crippen LogP contribution in [0.1, 0.15) is 0 Å². The van der Waals surface area contributed by atoms with Gasteiger partial charge in [0.1, 0.15) is 6.34 Å². The number of hydrazine groups is 2. The first-order valence-electron chi connectivity index (χ1n) is 1.81. The van der Waals surface area contributed by atoms with Gasteiger partial charge >= 0.3 is 0 Å². The van der Waals surface area contributed by atoms with Gasteiger partial charge in [0.05, 0.1) is 0 Å². The summed E-state index contributed by atoms with van der Waals surface area (Å²) in [6, 6.07) is 0. The van der Waals surface area contributed by atoms with Crippen LogP contribution in [0.2, 0.25) is 0 Å². The van der Waals surface area contributed by atoms with Gasteiger partial charge in [-0.25, -0.2) is 0 Å². The number of rotatable bonds is 0. The molecule has 1 rings (SSSR count). The summed E-state index contributed by atoms with van der Waals surface area (Å²) in [5, 5.41) is 5.39. The van der Waals surface area contributed by atoms with Crippen molar-refractivity contribution >= 4 is 19.2 Å². The van der Waals surface area contributed by atoms with Gasteiger partial charge in [0.25, 0.3) is 0 Å². The van der Waals surface area contributed by atoms with E-state index in [0.29, 0.717) is 0 Å². The summed E-state index contributed by atoms with van der Waals surface area (Å²) in [5.74, 6) is 0. The standard InChI is InChI=1S/C2H6N4S/c1-5-2-3-6(7)4-5/h2,4,7H,1H3. The van der Waals surface area contributed by atoms with E-state index >= 15 is 0 Å². The second-order valence-electron chi connectivity index (χ2n) is 1.23. The van der Waals surface area contributed by atoms with Crippen LogP contribution in [0.4, 0.5) is 0 Å². The number of nitrogens with zero attached hydrogens (tertiary/aromatic N) is 3. The largest absolute Gasteiger partial charge is 0.280 e. The van der Waals surface area contributed by atoms with E-state index in [9.17, 15) is 0 Å². The average Bonchev–Trinajstić information content (AvgIpc) is 1.87. The van der Waals surface area contributed by atoms with Gasteiger partial charge in [-0.15, -0.1) is 10.6 Å². The van der Waals surface area contributed by atoms with Gasteiger partial charge in [0, 0.05) is 7.05 Å². The van der Waals surface area contributed by atoms with Crippen molar-refractivity contribution in [2.75, 3.05) is 7.05 Å². The Morgan fingerprint density at radius 3 is 2.71 bits per heavy atom. The first kappa shape index (κ1) is 4.73. The minimum Gasteiger partial charge on any atom is -0.280 e. The second-order valence-corrected chi connectivity index (χ2v) is 1.61. The number of hydrazone groups is 1. The fourth-order valence-corrected chi connectivity index (χ4v) is 0.506. The number of nitrogens with one attached hydrogen (secondary N) is 1. The molecule has 7 heavy (non-hydrogen) atoms. The molecule has 0 bridgehead atoms. The van der Waals surface area contributed by atoms with Crippen LogP contribution in [0.15, 0.2) is 5.10 Å². The van der Waals surface area contributed by atoms with Crippen LogP contribution in [-0.4, -0.2) is 22.9 Å². The summed E-state index contributed by atoms with van der Waals surface area (Å²) in [6.45, 7) is 0. The zero-order chi connectivity index (χ0) is 5.28. The summed E-state index contributed by atoms with van der Waals surface area (Å²) in [4.78, 5) is 0. The van der Waals surface area contributed by atoms with Crippen molar-refractivity contribution in [2.24, 2.45) is 5.10 Å². The molecule has 0 fully saturated rings. The lowest BCUT2D eigenvalue weighted by atomic mass is 11.1. The Labute approximate surface area is 47.3 Å². The average molecular weight is 118 g/mol. The van der Waals surface area contributed by atoms with Gasteiger partial charge < -0.3 is 0 Å². The molecule has 1 aliphatic heterocycles. The Kier molecular flexibility index (Phi) is 1.07. The molecule has 40 valence electrons. The molecule has 1 heterocycles. The SMILES string of the molecule is CN1C=NN(S)N1. The van der Waals surface area contributed by atoms with Crippen molar-refractivity contribution in [1.82, 2.24) is 15.1 Å². The molecule has 0 aromatic carbocycles. The van der Waals surface area contributed by atoms with E-state index in [1.165, 1.54) is 4.52 Å². The molecule has 0 atom stereocenters. The monoisotopic (exact) mass is 118 g/mol. The molecule has 0 saturated heterocycles. The summed E-state index contributed by atoms with van der Waals surface area (Å²) in [5.41, 5.74) is 2.73. The lowest BCUT2D eigenvalue weighted by Gasteiger charge is -2.08. The topological polar surface area (TPSA) is 30.9 Å². The van der Waals surface area contributed by atoms with Crippen molar-refractivity contribution in [2.45, 2.75) is 0 Å². The summed E-state index contributed by atoms with van der Waals surface area (Å²) < 4.78 is 1.32. The molecule has 1 aliphatic rings. The Balaban J connectivity index is 2.42. The molecule has 0 radical (unpaired) electrons. The second kappa shape index (κ2) is 1.59. The van der Waals surface area contributed by atoms with Crippen molar-refractivity contribution in [3.05, 3.63) is 0 Å². The van der Waals surface area contributed by atoms with Crippen LogP contribution in [0.5, 0.6) is 0 Å². The van der Waals surface area contributed by atoms with Crippen molar-refractivity contribution in [1.29, 1.82) is 0 Å². The molecule has 0 unspecified atom stereocenters. The third-order valence-electron chi connectivity index (χ3n) is 0.581. The number of hydrogen-bond donors (Lipinski definition) is 2. The van der Waals surface area contributed by atoms with E-state index in [0.717, 1.165) is 0 Å². The van der Waals surface area contributed by atoms with Crippen LogP contribution >= 0.6 is 12.8 Å². The van der Waals surface area contributed by atoms with Crippen molar-refractivity contribution < 1.29 is 0 Å². The highest BCUT2D eigenvalue weighted by atomic mass is 32.1. The summed E-state index contributed by atoms with van der Waals surface area (Å²) in [7, 11) is 1.83. The van der Waals surface area contributed by atoms with E-state index in [1.807, 2.05) is 7.05 Å². The summed E-state index contributed by atoms with van der Waals surface area (Å²) >= 11 is 3.83. The van der Waals surface area contributed by atoms with Crippen molar-refractivity contribution in [3.8, 4) is 0 Å². The molecular weight excluding hydrogens is 112 g/mol. The van der Waals surface area contributed by atoms with E-state index < -0.39 is 0 Å². The zero-order valence-electron chi connectivity index (χ0n) is 3.87.